The van der Waals surface area contributed by atoms with E-state index >= 15 is 0 Å². The predicted molar refractivity (Wildman–Crippen MR) is 82.7 cm³/mol. The minimum atomic E-state index is -4.58. The van der Waals surface area contributed by atoms with Crippen LogP contribution < -0.4 is 10.9 Å². The summed E-state index contributed by atoms with van der Waals surface area (Å²) < 4.78 is 38.2. The van der Waals surface area contributed by atoms with E-state index in [2.05, 4.69) is 5.32 Å². The second-order valence-electron chi connectivity index (χ2n) is 6.60. The van der Waals surface area contributed by atoms with E-state index in [0.29, 0.717) is 37.2 Å². The monoisotopic (exact) mass is 343 g/mol. The molecule has 0 unspecified atom stereocenters. The molecule has 2 amide bonds. The highest BCUT2D eigenvalue weighted by Crippen LogP contribution is 2.36. The molecule has 1 saturated heterocycles. The van der Waals surface area contributed by atoms with Crippen molar-refractivity contribution in [1.82, 2.24) is 9.88 Å². The Balaban J connectivity index is 1.70. The van der Waals surface area contributed by atoms with Crippen LogP contribution in [0.2, 0.25) is 0 Å². The topological polar surface area (TPSA) is 65.2 Å². The van der Waals surface area contributed by atoms with Gasteiger partial charge in [0.1, 0.15) is 5.69 Å². The Kier molecular flexibility index (Phi) is 4.56. The number of piperidine rings is 1. The number of rotatable bonds is 1. The van der Waals surface area contributed by atoms with E-state index < -0.39 is 23.3 Å². The third kappa shape index (κ3) is 3.57. The van der Waals surface area contributed by atoms with Crippen molar-refractivity contribution in [3.05, 3.63) is 28.2 Å². The Morgan fingerprint density at radius 1 is 1.21 bits per heavy atom. The number of urea groups is 1. The number of fused-ring (bicyclic) bond motifs is 1. The van der Waals surface area contributed by atoms with Gasteiger partial charge in [-0.1, -0.05) is 19.3 Å². The second-order valence-corrected chi connectivity index (χ2v) is 6.60. The van der Waals surface area contributed by atoms with Gasteiger partial charge in [0, 0.05) is 19.3 Å². The maximum absolute atomic E-state index is 12.7. The van der Waals surface area contributed by atoms with E-state index in [1.54, 1.807) is 4.90 Å². The first kappa shape index (κ1) is 16.9. The number of aromatic nitrogens is 1. The fourth-order valence-electron chi connectivity index (χ4n) is 3.72. The lowest BCUT2D eigenvalue weighted by Crippen LogP contribution is -2.46. The van der Waals surface area contributed by atoms with E-state index in [9.17, 15) is 22.8 Å². The summed E-state index contributed by atoms with van der Waals surface area (Å²) in [5.41, 5.74) is -2.12. The molecule has 132 valence electrons. The van der Waals surface area contributed by atoms with Crippen LogP contribution in [0.5, 0.6) is 0 Å². The van der Waals surface area contributed by atoms with Gasteiger partial charge in [0.15, 0.2) is 0 Å². The van der Waals surface area contributed by atoms with E-state index in [1.165, 1.54) is 12.8 Å². The molecule has 1 aromatic rings. The highest BCUT2D eigenvalue weighted by atomic mass is 19.4. The molecule has 0 radical (unpaired) electrons. The van der Waals surface area contributed by atoms with Gasteiger partial charge in [-0.3, -0.25) is 4.79 Å². The van der Waals surface area contributed by atoms with Crippen molar-refractivity contribution in [2.75, 3.05) is 18.4 Å². The van der Waals surface area contributed by atoms with E-state index in [1.807, 2.05) is 4.98 Å². The quantitative estimate of drug-likeness (QED) is 0.820. The largest absolute Gasteiger partial charge is 0.417 e. The highest BCUT2D eigenvalue weighted by molar-refractivity contribution is 5.89. The molecule has 1 aliphatic carbocycles. The lowest BCUT2D eigenvalue weighted by Gasteiger charge is -2.41. The van der Waals surface area contributed by atoms with E-state index in [0.717, 1.165) is 19.3 Å². The summed E-state index contributed by atoms with van der Waals surface area (Å²) in [7, 11) is 0. The van der Waals surface area contributed by atoms with Crippen molar-refractivity contribution in [1.29, 1.82) is 0 Å². The first-order chi connectivity index (χ1) is 11.3. The van der Waals surface area contributed by atoms with Gasteiger partial charge in [-0.05, 0) is 30.7 Å². The van der Waals surface area contributed by atoms with Gasteiger partial charge < -0.3 is 15.2 Å². The SMILES string of the molecule is O=C(Nc1cc(C(F)(F)F)c[nH]c1=O)N1CC[C@H]2CCCC[C@@H]2C1. The molecule has 2 N–H and O–H groups in total. The molecular weight excluding hydrogens is 323 g/mol. The molecule has 1 aliphatic heterocycles. The predicted octanol–water partition coefficient (Wildman–Crippen LogP) is 3.44. The molecule has 2 fully saturated rings. The molecule has 24 heavy (non-hydrogen) atoms. The third-order valence-corrected chi connectivity index (χ3v) is 5.05. The minimum Gasteiger partial charge on any atom is -0.327 e. The molecule has 1 saturated carbocycles. The summed E-state index contributed by atoms with van der Waals surface area (Å²) in [6.45, 7) is 1.18. The molecule has 8 heteroatoms. The number of amides is 2. The number of alkyl halides is 3. The van der Waals surface area contributed by atoms with Crippen molar-refractivity contribution < 1.29 is 18.0 Å². The molecule has 3 rings (SSSR count). The maximum Gasteiger partial charge on any atom is 0.417 e. The molecule has 0 spiro atoms. The van der Waals surface area contributed by atoms with E-state index in [-0.39, 0.29) is 5.69 Å². The summed E-state index contributed by atoms with van der Waals surface area (Å²) >= 11 is 0. The van der Waals surface area contributed by atoms with Crippen LogP contribution in [0, 0.1) is 11.8 Å². The number of carbonyl (C=O) groups is 1. The average Bonchev–Trinajstić information content (AvgIpc) is 2.55. The zero-order valence-corrected chi connectivity index (χ0v) is 13.2. The number of likely N-dealkylation sites (tertiary alicyclic amines) is 1. The van der Waals surface area contributed by atoms with Gasteiger partial charge in [0.05, 0.1) is 5.56 Å². The molecule has 2 atom stereocenters. The zero-order chi connectivity index (χ0) is 17.3. The van der Waals surface area contributed by atoms with Crippen LogP contribution in [-0.2, 0) is 6.18 Å². The first-order valence-electron chi connectivity index (χ1n) is 8.20. The van der Waals surface area contributed by atoms with Gasteiger partial charge in [-0.2, -0.15) is 13.2 Å². The average molecular weight is 343 g/mol. The number of carbonyl (C=O) groups excluding carboxylic acids is 1. The van der Waals surface area contributed by atoms with E-state index in [4.69, 9.17) is 0 Å². The Labute approximate surface area is 137 Å². The highest BCUT2D eigenvalue weighted by Gasteiger charge is 2.34. The summed E-state index contributed by atoms with van der Waals surface area (Å²) in [6, 6.07) is 0.160. The number of pyridine rings is 1. The second kappa shape index (κ2) is 6.49. The van der Waals surface area contributed by atoms with Crippen molar-refractivity contribution in [2.45, 2.75) is 38.3 Å². The van der Waals surface area contributed by atoms with Gasteiger partial charge in [-0.15, -0.1) is 0 Å². The molecule has 5 nitrogen and oxygen atoms in total. The Hall–Kier alpha value is -1.99. The Morgan fingerprint density at radius 3 is 2.62 bits per heavy atom. The first-order valence-corrected chi connectivity index (χ1v) is 8.20. The van der Waals surface area contributed by atoms with Gasteiger partial charge in [-0.25, -0.2) is 4.79 Å². The number of hydrogen-bond acceptors (Lipinski definition) is 2. The maximum atomic E-state index is 12.7. The molecule has 1 aromatic heterocycles. The zero-order valence-electron chi connectivity index (χ0n) is 13.2. The molecular formula is C16H20F3N3O2. The Morgan fingerprint density at radius 2 is 1.92 bits per heavy atom. The molecule has 0 bridgehead atoms. The van der Waals surface area contributed by atoms with Gasteiger partial charge in [0.25, 0.3) is 5.56 Å². The van der Waals surface area contributed by atoms with Crippen LogP contribution in [0.15, 0.2) is 17.1 Å². The summed E-state index contributed by atoms with van der Waals surface area (Å²) in [5, 5.41) is 2.33. The van der Waals surface area contributed by atoms with Crippen molar-refractivity contribution in [2.24, 2.45) is 11.8 Å². The lowest BCUT2D eigenvalue weighted by molar-refractivity contribution is -0.137. The summed E-state index contributed by atoms with van der Waals surface area (Å²) in [4.78, 5) is 27.6. The van der Waals surface area contributed by atoms with Crippen LogP contribution >= 0.6 is 0 Å². The molecule has 2 aliphatic rings. The van der Waals surface area contributed by atoms with Gasteiger partial charge >= 0.3 is 12.2 Å². The third-order valence-electron chi connectivity index (χ3n) is 5.05. The number of aromatic amines is 1. The Bertz CT molecular complexity index is 671. The molecule has 2 heterocycles. The number of nitrogens with zero attached hydrogens (tertiary/aromatic N) is 1. The van der Waals surface area contributed by atoms with Crippen molar-refractivity contribution >= 4 is 11.7 Å². The smallest absolute Gasteiger partial charge is 0.327 e. The number of H-pyrrole nitrogens is 1. The number of hydrogen-bond donors (Lipinski definition) is 2. The van der Waals surface area contributed by atoms with Gasteiger partial charge in [0.2, 0.25) is 0 Å². The van der Waals surface area contributed by atoms with Crippen molar-refractivity contribution in [3.63, 3.8) is 0 Å². The lowest BCUT2D eigenvalue weighted by atomic mass is 9.75. The summed E-state index contributed by atoms with van der Waals surface area (Å²) in [5.74, 6) is 1.10. The normalized spacial score (nSPS) is 24.4. The minimum absolute atomic E-state index is 0.374. The van der Waals surface area contributed by atoms with Crippen LogP contribution in [0.1, 0.15) is 37.7 Å². The molecule has 0 aromatic carbocycles. The van der Waals surface area contributed by atoms with Crippen LogP contribution in [0.4, 0.5) is 23.7 Å². The number of anilines is 1. The van der Waals surface area contributed by atoms with Crippen LogP contribution in [0.3, 0.4) is 0 Å². The fraction of sp³-hybridized carbons (Fsp3) is 0.625. The number of halogens is 3. The summed E-state index contributed by atoms with van der Waals surface area (Å²) in [6.07, 6.45) is 1.59. The van der Waals surface area contributed by atoms with Crippen molar-refractivity contribution in [3.8, 4) is 0 Å². The standard InChI is InChI=1S/C16H20F3N3O2/c17-16(18,19)12-7-13(14(23)20-8-12)21-15(24)22-6-5-10-3-1-2-4-11(10)9-22/h7-8,10-11H,1-6,9H2,(H,20,23)(H,21,24)/t10-,11-/m1/s1. The fourth-order valence-corrected chi connectivity index (χ4v) is 3.72. The van der Waals surface area contributed by atoms with Crippen LogP contribution in [-0.4, -0.2) is 29.0 Å². The van der Waals surface area contributed by atoms with Crippen LogP contribution in [0.25, 0.3) is 0 Å². The number of nitrogens with one attached hydrogen (secondary N) is 2.